The molecule has 0 saturated carbocycles. The van der Waals surface area contributed by atoms with Crippen LogP contribution in [0.5, 0.6) is 0 Å². The molecule has 1 atom stereocenters. The maximum absolute atomic E-state index is 4.41. The second kappa shape index (κ2) is 11.2. The van der Waals surface area contributed by atoms with E-state index in [9.17, 15) is 0 Å². The minimum absolute atomic E-state index is 0. The minimum atomic E-state index is 0. The minimum Gasteiger partial charge on any atom is -0.354 e. The lowest BCUT2D eigenvalue weighted by atomic mass is 10.1. The summed E-state index contributed by atoms with van der Waals surface area (Å²) in [4.78, 5) is 8.74. The van der Waals surface area contributed by atoms with E-state index in [4.69, 9.17) is 0 Å². The van der Waals surface area contributed by atoms with Crippen molar-refractivity contribution in [1.82, 2.24) is 15.6 Å². The number of halogens is 1. The van der Waals surface area contributed by atoms with Crippen molar-refractivity contribution in [1.29, 1.82) is 0 Å². The molecule has 0 saturated heterocycles. The zero-order chi connectivity index (χ0) is 16.5. The predicted molar refractivity (Wildman–Crippen MR) is 114 cm³/mol. The predicted octanol–water partition coefficient (Wildman–Crippen LogP) is 4.49. The van der Waals surface area contributed by atoms with E-state index in [0.29, 0.717) is 6.04 Å². The first kappa shape index (κ1) is 20.7. The Morgan fingerprint density at radius 2 is 2.00 bits per heavy atom. The lowest BCUT2D eigenvalue weighted by molar-refractivity contribution is 0.547. The highest BCUT2D eigenvalue weighted by Crippen LogP contribution is 2.15. The quantitative estimate of drug-likeness (QED) is 0.289. The van der Waals surface area contributed by atoms with E-state index in [0.717, 1.165) is 18.0 Å². The van der Waals surface area contributed by atoms with Gasteiger partial charge in [0.05, 0.1) is 5.52 Å². The van der Waals surface area contributed by atoms with Crippen molar-refractivity contribution < 1.29 is 0 Å². The van der Waals surface area contributed by atoms with Gasteiger partial charge >= 0.3 is 0 Å². The van der Waals surface area contributed by atoms with Gasteiger partial charge in [-0.05, 0) is 31.0 Å². The number of pyridine rings is 1. The SMILES string of the molecule is CCCCCC(C)NC(=NC)NCc1ccnc2ccccc12.I. The number of rotatable bonds is 7. The number of nitrogens with one attached hydrogen (secondary N) is 2. The van der Waals surface area contributed by atoms with Crippen LogP contribution in [0.4, 0.5) is 0 Å². The Labute approximate surface area is 162 Å². The number of para-hydroxylation sites is 1. The summed E-state index contributed by atoms with van der Waals surface area (Å²) in [6.07, 6.45) is 6.85. The summed E-state index contributed by atoms with van der Waals surface area (Å²) in [5, 5.41) is 8.07. The van der Waals surface area contributed by atoms with E-state index in [1.54, 1.807) is 0 Å². The van der Waals surface area contributed by atoms with Gasteiger partial charge < -0.3 is 10.6 Å². The van der Waals surface area contributed by atoms with Crippen LogP contribution in [0.2, 0.25) is 0 Å². The molecule has 0 aliphatic heterocycles. The number of unbranched alkanes of at least 4 members (excludes halogenated alkanes) is 2. The average molecular weight is 440 g/mol. The fourth-order valence-corrected chi connectivity index (χ4v) is 2.69. The molecule has 1 aromatic carbocycles. The van der Waals surface area contributed by atoms with E-state index in [1.807, 2.05) is 25.4 Å². The standard InChI is InChI=1S/C19H28N4.HI/c1-4-5-6-9-15(2)23-19(20-3)22-14-16-12-13-21-18-11-8-7-10-17(16)18;/h7-8,10-13,15H,4-6,9,14H2,1-3H3,(H2,20,22,23);1H. The van der Waals surface area contributed by atoms with E-state index in [1.165, 1.54) is 36.6 Å². The molecular formula is C19H29IN4. The van der Waals surface area contributed by atoms with Crippen molar-refractivity contribution in [3.05, 3.63) is 42.1 Å². The molecule has 0 spiro atoms. The second-order valence-electron chi connectivity index (χ2n) is 5.95. The van der Waals surface area contributed by atoms with Crippen molar-refractivity contribution in [2.24, 2.45) is 4.99 Å². The van der Waals surface area contributed by atoms with Crippen LogP contribution in [-0.2, 0) is 6.54 Å². The van der Waals surface area contributed by atoms with E-state index < -0.39 is 0 Å². The fraction of sp³-hybridized carbons (Fsp3) is 0.474. The summed E-state index contributed by atoms with van der Waals surface area (Å²) in [5.74, 6) is 0.856. The highest BCUT2D eigenvalue weighted by molar-refractivity contribution is 14.0. The van der Waals surface area contributed by atoms with Crippen LogP contribution in [0.1, 0.15) is 45.1 Å². The first-order chi connectivity index (χ1) is 11.2. The molecule has 5 heteroatoms. The summed E-state index contributed by atoms with van der Waals surface area (Å²) in [6.45, 7) is 5.19. The van der Waals surface area contributed by atoms with Crippen molar-refractivity contribution in [2.45, 2.75) is 52.1 Å². The molecule has 0 radical (unpaired) electrons. The van der Waals surface area contributed by atoms with Gasteiger partial charge in [0.2, 0.25) is 0 Å². The number of aliphatic imine (C=N–C) groups is 1. The molecule has 2 N–H and O–H groups in total. The monoisotopic (exact) mass is 440 g/mol. The molecule has 0 aliphatic carbocycles. The van der Waals surface area contributed by atoms with Gasteiger partial charge in [-0.1, -0.05) is 44.4 Å². The van der Waals surface area contributed by atoms with Gasteiger partial charge in [-0.3, -0.25) is 9.98 Å². The number of guanidine groups is 1. The number of hydrogen-bond acceptors (Lipinski definition) is 2. The Hall–Kier alpha value is -1.37. The lowest BCUT2D eigenvalue weighted by Gasteiger charge is -2.18. The largest absolute Gasteiger partial charge is 0.354 e. The van der Waals surface area contributed by atoms with Gasteiger partial charge in [-0.15, -0.1) is 24.0 Å². The lowest BCUT2D eigenvalue weighted by Crippen LogP contribution is -2.41. The first-order valence-corrected chi connectivity index (χ1v) is 8.54. The maximum atomic E-state index is 4.41. The number of nitrogens with zero attached hydrogens (tertiary/aromatic N) is 2. The molecule has 1 unspecified atom stereocenters. The average Bonchev–Trinajstić information content (AvgIpc) is 2.58. The van der Waals surface area contributed by atoms with Crippen LogP contribution >= 0.6 is 24.0 Å². The van der Waals surface area contributed by atoms with Crippen LogP contribution in [0, 0.1) is 0 Å². The van der Waals surface area contributed by atoms with Crippen LogP contribution < -0.4 is 10.6 Å². The number of fused-ring (bicyclic) bond motifs is 1. The Kier molecular flexibility index (Phi) is 9.67. The highest BCUT2D eigenvalue weighted by Gasteiger charge is 2.06. The Balaban J connectivity index is 0.00000288. The molecule has 2 rings (SSSR count). The third kappa shape index (κ3) is 6.26. The van der Waals surface area contributed by atoms with Crippen molar-refractivity contribution >= 4 is 40.8 Å². The molecule has 24 heavy (non-hydrogen) atoms. The summed E-state index contributed by atoms with van der Waals surface area (Å²) in [5.41, 5.74) is 2.26. The van der Waals surface area contributed by atoms with Crippen molar-refractivity contribution in [3.63, 3.8) is 0 Å². The first-order valence-electron chi connectivity index (χ1n) is 8.54. The van der Waals surface area contributed by atoms with Gasteiger partial charge in [0.15, 0.2) is 5.96 Å². The third-order valence-electron chi connectivity index (χ3n) is 4.03. The van der Waals surface area contributed by atoms with E-state index in [2.05, 4.69) is 52.7 Å². The van der Waals surface area contributed by atoms with E-state index >= 15 is 0 Å². The molecular weight excluding hydrogens is 411 g/mol. The molecule has 1 aromatic heterocycles. The van der Waals surface area contributed by atoms with Crippen LogP contribution in [0.3, 0.4) is 0 Å². The summed E-state index contributed by atoms with van der Waals surface area (Å²) < 4.78 is 0. The highest BCUT2D eigenvalue weighted by atomic mass is 127. The summed E-state index contributed by atoms with van der Waals surface area (Å²) >= 11 is 0. The molecule has 4 nitrogen and oxygen atoms in total. The second-order valence-corrected chi connectivity index (χ2v) is 5.95. The van der Waals surface area contributed by atoms with Crippen LogP contribution in [0.15, 0.2) is 41.5 Å². The van der Waals surface area contributed by atoms with Gasteiger partial charge in [0.25, 0.3) is 0 Å². The number of benzene rings is 1. The van der Waals surface area contributed by atoms with Gasteiger partial charge in [-0.25, -0.2) is 0 Å². The topological polar surface area (TPSA) is 49.3 Å². The summed E-state index contributed by atoms with van der Waals surface area (Å²) in [7, 11) is 1.82. The molecule has 132 valence electrons. The van der Waals surface area contributed by atoms with Crippen molar-refractivity contribution in [3.8, 4) is 0 Å². The zero-order valence-corrected chi connectivity index (χ0v) is 17.2. The Morgan fingerprint density at radius 3 is 2.75 bits per heavy atom. The van der Waals surface area contributed by atoms with Gasteiger partial charge in [0.1, 0.15) is 0 Å². The van der Waals surface area contributed by atoms with Gasteiger partial charge in [-0.2, -0.15) is 0 Å². The number of aromatic nitrogens is 1. The molecule has 2 aromatic rings. The third-order valence-corrected chi connectivity index (χ3v) is 4.03. The molecule has 0 amide bonds. The molecule has 0 aliphatic rings. The van der Waals surface area contributed by atoms with E-state index in [-0.39, 0.29) is 24.0 Å². The zero-order valence-electron chi connectivity index (χ0n) is 14.9. The van der Waals surface area contributed by atoms with Crippen molar-refractivity contribution in [2.75, 3.05) is 7.05 Å². The van der Waals surface area contributed by atoms with Crippen LogP contribution in [-0.4, -0.2) is 24.0 Å². The maximum Gasteiger partial charge on any atom is 0.191 e. The molecule has 1 heterocycles. The van der Waals surface area contributed by atoms with Crippen LogP contribution in [0.25, 0.3) is 10.9 Å². The summed E-state index contributed by atoms with van der Waals surface area (Å²) in [6, 6.07) is 10.7. The Morgan fingerprint density at radius 1 is 1.21 bits per heavy atom. The smallest absolute Gasteiger partial charge is 0.191 e. The molecule has 0 fully saturated rings. The molecule has 0 bridgehead atoms. The van der Waals surface area contributed by atoms with Gasteiger partial charge in [0, 0.05) is 31.2 Å². The normalized spacial score (nSPS) is 12.5. The fourth-order valence-electron chi connectivity index (χ4n) is 2.69. The number of hydrogen-bond donors (Lipinski definition) is 2. The Bertz CT molecular complexity index is 637.